The van der Waals surface area contributed by atoms with Gasteiger partial charge in [-0.3, -0.25) is 4.79 Å². The smallest absolute Gasteiger partial charge is 0.318 e. The zero-order valence-corrected chi connectivity index (χ0v) is 10.5. The predicted molar refractivity (Wildman–Crippen MR) is 65.4 cm³/mol. The third-order valence-corrected chi connectivity index (χ3v) is 3.55. The maximum atomic E-state index is 11.5. The molecule has 0 radical (unpaired) electrons. The summed E-state index contributed by atoms with van der Waals surface area (Å²) in [5, 5.41) is 9.41. The highest BCUT2D eigenvalue weighted by atomic mass is 16.5. The minimum Gasteiger partial charge on any atom is -0.480 e. The standard InChI is InChI=1S/C14H18O3/c1-9(2)11-5-4-10(3)12(6-11)14(13(15)16)7-17-8-14/h4-6,9H,7-8H2,1-3H3,(H,15,16). The number of carboxylic acids is 1. The Balaban J connectivity index is 2.50. The first-order chi connectivity index (χ1) is 7.97. The number of benzene rings is 1. The molecule has 1 saturated heterocycles. The van der Waals surface area contributed by atoms with E-state index in [0.717, 1.165) is 11.1 Å². The highest BCUT2D eigenvalue weighted by molar-refractivity contribution is 5.83. The molecule has 0 aromatic heterocycles. The average molecular weight is 234 g/mol. The summed E-state index contributed by atoms with van der Waals surface area (Å²) in [7, 11) is 0. The highest BCUT2D eigenvalue weighted by Gasteiger charge is 2.48. The molecule has 0 spiro atoms. The number of hydrogen-bond acceptors (Lipinski definition) is 2. The second kappa shape index (κ2) is 4.15. The quantitative estimate of drug-likeness (QED) is 0.874. The predicted octanol–water partition coefficient (Wildman–Crippen LogP) is 2.47. The third-order valence-electron chi connectivity index (χ3n) is 3.55. The first kappa shape index (κ1) is 12.1. The molecule has 2 rings (SSSR count). The van der Waals surface area contributed by atoms with Crippen LogP contribution in [0.25, 0.3) is 0 Å². The van der Waals surface area contributed by atoms with Crippen LogP contribution in [0.2, 0.25) is 0 Å². The fraction of sp³-hybridized carbons (Fsp3) is 0.500. The molecule has 1 aromatic rings. The topological polar surface area (TPSA) is 46.5 Å². The lowest BCUT2D eigenvalue weighted by Gasteiger charge is -2.39. The molecule has 0 bridgehead atoms. The molecule has 0 unspecified atom stereocenters. The molecule has 3 heteroatoms. The lowest BCUT2D eigenvalue weighted by atomic mass is 9.75. The Morgan fingerprint density at radius 3 is 2.47 bits per heavy atom. The summed E-state index contributed by atoms with van der Waals surface area (Å²) in [6, 6.07) is 6.10. The minimum absolute atomic E-state index is 0.282. The van der Waals surface area contributed by atoms with Gasteiger partial charge in [0, 0.05) is 0 Å². The van der Waals surface area contributed by atoms with Gasteiger partial charge >= 0.3 is 5.97 Å². The van der Waals surface area contributed by atoms with Gasteiger partial charge in [0.2, 0.25) is 0 Å². The number of carbonyl (C=O) groups is 1. The van der Waals surface area contributed by atoms with Crippen molar-refractivity contribution in [2.45, 2.75) is 32.1 Å². The number of carboxylic acid groups (broad SMARTS) is 1. The molecule has 92 valence electrons. The summed E-state index contributed by atoms with van der Waals surface area (Å²) >= 11 is 0. The van der Waals surface area contributed by atoms with Gasteiger partial charge in [-0.05, 0) is 29.5 Å². The second-order valence-electron chi connectivity index (χ2n) is 5.11. The number of rotatable bonds is 3. The Kier molecular flexibility index (Phi) is 2.96. The lowest BCUT2D eigenvalue weighted by Crippen LogP contribution is -2.53. The van der Waals surface area contributed by atoms with Crippen molar-refractivity contribution >= 4 is 5.97 Å². The van der Waals surface area contributed by atoms with E-state index in [-0.39, 0.29) is 13.2 Å². The van der Waals surface area contributed by atoms with Crippen LogP contribution < -0.4 is 0 Å². The fourth-order valence-corrected chi connectivity index (χ4v) is 2.21. The van der Waals surface area contributed by atoms with Crippen LogP contribution in [0.1, 0.15) is 36.5 Å². The molecule has 1 fully saturated rings. The Morgan fingerprint density at radius 1 is 1.41 bits per heavy atom. The van der Waals surface area contributed by atoms with Crippen molar-refractivity contribution in [1.82, 2.24) is 0 Å². The van der Waals surface area contributed by atoms with Gasteiger partial charge in [0.1, 0.15) is 5.41 Å². The van der Waals surface area contributed by atoms with Gasteiger partial charge in [-0.1, -0.05) is 32.0 Å². The van der Waals surface area contributed by atoms with E-state index in [1.807, 2.05) is 19.1 Å². The summed E-state index contributed by atoms with van der Waals surface area (Å²) < 4.78 is 5.13. The zero-order valence-electron chi connectivity index (χ0n) is 10.5. The van der Waals surface area contributed by atoms with E-state index in [2.05, 4.69) is 19.9 Å². The van der Waals surface area contributed by atoms with Crippen molar-refractivity contribution in [3.05, 3.63) is 34.9 Å². The SMILES string of the molecule is Cc1ccc(C(C)C)cc1C1(C(=O)O)COC1. The molecule has 1 aliphatic heterocycles. The van der Waals surface area contributed by atoms with Crippen molar-refractivity contribution in [2.75, 3.05) is 13.2 Å². The first-order valence-corrected chi connectivity index (χ1v) is 5.89. The van der Waals surface area contributed by atoms with Crippen LogP contribution in [-0.4, -0.2) is 24.3 Å². The Bertz CT molecular complexity index is 445. The maximum absolute atomic E-state index is 11.5. The van der Waals surface area contributed by atoms with Gasteiger partial charge in [-0.25, -0.2) is 0 Å². The Hall–Kier alpha value is -1.35. The van der Waals surface area contributed by atoms with Gasteiger partial charge in [-0.15, -0.1) is 0 Å². The van der Waals surface area contributed by atoms with E-state index in [9.17, 15) is 9.90 Å². The van der Waals surface area contributed by atoms with E-state index in [1.165, 1.54) is 5.56 Å². The highest BCUT2D eigenvalue weighted by Crippen LogP contribution is 2.36. The summed E-state index contributed by atoms with van der Waals surface area (Å²) in [5.41, 5.74) is 2.29. The molecular weight excluding hydrogens is 216 g/mol. The molecule has 1 aliphatic rings. The third kappa shape index (κ3) is 1.84. The van der Waals surface area contributed by atoms with Crippen LogP contribution in [0, 0.1) is 6.92 Å². The van der Waals surface area contributed by atoms with E-state index in [0.29, 0.717) is 5.92 Å². The van der Waals surface area contributed by atoms with Gasteiger partial charge in [0.25, 0.3) is 0 Å². The van der Waals surface area contributed by atoms with Crippen LogP contribution in [0.4, 0.5) is 0 Å². The van der Waals surface area contributed by atoms with Crippen molar-refractivity contribution in [3.63, 3.8) is 0 Å². The van der Waals surface area contributed by atoms with E-state index >= 15 is 0 Å². The Labute approximate surface area is 101 Å². The monoisotopic (exact) mass is 234 g/mol. The van der Waals surface area contributed by atoms with Gasteiger partial charge in [-0.2, -0.15) is 0 Å². The minimum atomic E-state index is -0.824. The van der Waals surface area contributed by atoms with Crippen LogP contribution in [0.15, 0.2) is 18.2 Å². The summed E-state index contributed by atoms with van der Waals surface area (Å²) in [5.74, 6) is -0.381. The molecule has 0 atom stereocenters. The zero-order chi connectivity index (χ0) is 12.6. The molecule has 17 heavy (non-hydrogen) atoms. The van der Waals surface area contributed by atoms with Crippen molar-refractivity contribution in [3.8, 4) is 0 Å². The average Bonchev–Trinajstić information content (AvgIpc) is 2.18. The van der Waals surface area contributed by atoms with Crippen LogP contribution in [-0.2, 0) is 14.9 Å². The molecule has 0 saturated carbocycles. The van der Waals surface area contributed by atoms with Crippen molar-refractivity contribution in [2.24, 2.45) is 0 Å². The number of hydrogen-bond donors (Lipinski definition) is 1. The molecule has 1 heterocycles. The van der Waals surface area contributed by atoms with Crippen LogP contribution in [0.3, 0.4) is 0 Å². The summed E-state index contributed by atoms with van der Waals surface area (Å²) in [6.07, 6.45) is 0. The van der Waals surface area contributed by atoms with Gasteiger partial charge in [0.05, 0.1) is 13.2 Å². The number of ether oxygens (including phenoxy) is 1. The van der Waals surface area contributed by atoms with Gasteiger partial charge in [0.15, 0.2) is 0 Å². The van der Waals surface area contributed by atoms with E-state index in [4.69, 9.17) is 4.74 Å². The fourth-order valence-electron chi connectivity index (χ4n) is 2.21. The molecular formula is C14H18O3. The first-order valence-electron chi connectivity index (χ1n) is 5.89. The second-order valence-corrected chi connectivity index (χ2v) is 5.11. The van der Waals surface area contributed by atoms with Crippen LogP contribution in [0.5, 0.6) is 0 Å². The number of aryl methyl sites for hydroxylation is 1. The Morgan fingerprint density at radius 2 is 2.06 bits per heavy atom. The largest absolute Gasteiger partial charge is 0.480 e. The van der Waals surface area contributed by atoms with Crippen molar-refractivity contribution < 1.29 is 14.6 Å². The maximum Gasteiger partial charge on any atom is 0.318 e. The lowest BCUT2D eigenvalue weighted by molar-refractivity contribution is -0.163. The van der Waals surface area contributed by atoms with Gasteiger partial charge < -0.3 is 9.84 Å². The molecule has 0 amide bonds. The molecule has 1 N–H and O–H groups in total. The molecule has 0 aliphatic carbocycles. The molecule has 3 nitrogen and oxygen atoms in total. The van der Waals surface area contributed by atoms with E-state index < -0.39 is 11.4 Å². The number of aliphatic carboxylic acids is 1. The molecule has 1 aromatic carbocycles. The van der Waals surface area contributed by atoms with E-state index in [1.54, 1.807) is 0 Å². The summed E-state index contributed by atoms with van der Waals surface area (Å²) in [6.45, 7) is 6.75. The summed E-state index contributed by atoms with van der Waals surface area (Å²) in [4.78, 5) is 11.5. The van der Waals surface area contributed by atoms with Crippen LogP contribution >= 0.6 is 0 Å². The normalized spacial score (nSPS) is 17.9. The van der Waals surface area contributed by atoms with Crippen molar-refractivity contribution in [1.29, 1.82) is 0 Å².